The molecule has 14 atom stereocenters. The van der Waals surface area contributed by atoms with Crippen molar-refractivity contribution in [1.82, 2.24) is 0 Å². The summed E-state index contributed by atoms with van der Waals surface area (Å²) in [6.45, 7) is -2.16. The van der Waals surface area contributed by atoms with Gasteiger partial charge < -0.3 is 69.6 Å². The van der Waals surface area contributed by atoms with Crippen LogP contribution in [0.4, 0.5) is 0 Å². The van der Waals surface area contributed by atoms with Gasteiger partial charge in [0.05, 0.1) is 25.9 Å². The van der Waals surface area contributed by atoms with E-state index in [0.717, 1.165) is 0 Å². The number of nitrogens with zero attached hydrogens (tertiary/aromatic N) is 3. The first-order valence-corrected chi connectivity index (χ1v) is 10.9. The molecule has 1 unspecified atom stereocenters. The molecule has 0 aromatic rings. The first kappa shape index (κ1) is 28.3. The second-order valence-electron chi connectivity index (χ2n) is 8.42. The smallest absolute Gasteiger partial charge is 0.187 e. The maximum absolute atomic E-state index is 10.8. The second kappa shape index (κ2) is 12.3. The molecule has 9 N–H and O–H groups in total. The number of aliphatic hydroxyl groups is 9. The molecule has 0 aliphatic carbocycles. The summed E-state index contributed by atoms with van der Waals surface area (Å²) < 4.78 is 27.1. The number of aliphatic hydroxyl groups excluding tert-OH is 9. The number of ether oxygens (including phenoxy) is 5. The highest BCUT2D eigenvalue weighted by Crippen LogP contribution is 2.32. The molecule has 3 fully saturated rings. The predicted molar refractivity (Wildman–Crippen MR) is 107 cm³/mol. The molecule has 3 aliphatic heterocycles. The summed E-state index contributed by atoms with van der Waals surface area (Å²) in [7, 11) is 0. The van der Waals surface area contributed by atoms with E-state index >= 15 is 0 Å². The molecular formula is C18H31N3O14. The standard InChI is InChI=1S/C18H31N3O14/c19-21-20-17-13(29)12(28)15(8(4-24)32-17)35-18-14(30)16(11(27)7(3-23)33-18)34-9-1-5(25)10(26)6(2-22)31-9/h5-18,22-30H,1-4H2/t5-,6-,7-,8-,9-,10-,11+,12-,13-,14-,15-,16+,17?,18+/m1/s1. The Hall–Kier alpha value is -1.25. The molecule has 0 amide bonds. The van der Waals surface area contributed by atoms with Gasteiger partial charge in [-0.3, -0.25) is 0 Å². The molecule has 202 valence electrons. The first-order chi connectivity index (χ1) is 16.7. The molecule has 0 radical (unpaired) electrons. The fraction of sp³-hybridized carbons (Fsp3) is 1.00. The molecule has 17 heteroatoms. The Labute approximate surface area is 198 Å². The van der Waals surface area contributed by atoms with Gasteiger partial charge in [0.2, 0.25) is 0 Å². The van der Waals surface area contributed by atoms with Crippen LogP contribution < -0.4 is 0 Å². The van der Waals surface area contributed by atoms with Crippen molar-refractivity contribution in [2.45, 2.75) is 92.4 Å². The lowest BCUT2D eigenvalue weighted by Crippen LogP contribution is -2.65. The average Bonchev–Trinajstić information content (AvgIpc) is 2.84. The lowest BCUT2D eigenvalue weighted by molar-refractivity contribution is -0.363. The molecule has 0 bridgehead atoms. The molecule has 3 aliphatic rings. The van der Waals surface area contributed by atoms with Crippen LogP contribution in [-0.4, -0.2) is 152 Å². The lowest BCUT2D eigenvalue weighted by atomic mass is 9.96. The van der Waals surface area contributed by atoms with Crippen molar-refractivity contribution in [1.29, 1.82) is 0 Å². The zero-order chi connectivity index (χ0) is 25.9. The maximum Gasteiger partial charge on any atom is 0.187 e. The minimum Gasteiger partial charge on any atom is -0.394 e. The van der Waals surface area contributed by atoms with Crippen LogP contribution in [0.15, 0.2) is 5.11 Å². The van der Waals surface area contributed by atoms with Crippen LogP contribution in [0.5, 0.6) is 0 Å². The SMILES string of the molecule is [N-]=[N+]=NC1O[C@H](CO)[C@@H](O[C@@H]2O[C@H](CO)[C@H](O)[C@H](O[C@@H]3C[C@@H](O)[C@@H](O)[C@@H](CO)O3)[C@H]2O)[C@H](O)[C@H]1O. The first-order valence-electron chi connectivity index (χ1n) is 10.9. The molecule has 0 aromatic carbocycles. The van der Waals surface area contributed by atoms with Crippen molar-refractivity contribution in [3.63, 3.8) is 0 Å². The van der Waals surface area contributed by atoms with Gasteiger partial charge in [0.25, 0.3) is 0 Å². The van der Waals surface area contributed by atoms with Gasteiger partial charge in [-0.1, -0.05) is 5.11 Å². The predicted octanol–water partition coefficient (Wildman–Crippen LogP) is -5.23. The summed E-state index contributed by atoms with van der Waals surface area (Å²) in [6, 6.07) is 0. The van der Waals surface area contributed by atoms with Crippen molar-refractivity contribution in [2.24, 2.45) is 5.11 Å². The van der Waals surface area contributed by atoms with E-state index in [9.17, 15) is 46.0 Å². The maximum atomic E-state index is 10.8. The lowest BCUT2D eigenvalue weighted by Gasteiger charge is -2.47. The second-order valence-corrected chi connectivity index (χ2v) is 8.42. The third-order valence-corrected chi connectivity index (χ3v) is 6.14. The monoisotopic (exact) mass is 513 g/mol. The number of rotatable bonds is 8. The third-order valence-electron chi connectivity index (χ3n) is 6.14. The van der Waals surface area contributed by atoms with E-state index in [4.69, 9.17) is 29.2 Å². The molecule has 35 heavy (non-hydrogen) atoms. The minimum absolute atomic E-state index is 0.279. The van der Waals surface area contributed by atoms with Gasteiger partial charge in [0.15, 0.2) is 18.8 Å². The summed E-state index contributed by atoms with van der Waals surface area (Å²) >= 11 is 0. The number of hydrogen-bond donors (Lipinski definition) is 9. The van der Waals surface area contributed by atoms with Crippen LogP contribution in [0.1, 0.15) is 6.42 Å². The van der Waals surface area contributed by atoms with Gasteiger partial charge >= 0.3 is 0 Å². The molecular weight excluding hydrogens is 482 g/mol. The third kappa shape index (κ3) is 6.02. The van der Waals surface area contributed by atoms with Crippen LogP contribution in [0.2, 0.25) is 0 Å². The highest BCUT2D eigenvalue weighted by atomic mass is 16.7. The van der Waals surface area contributed by atoms with E-state index < -0.39 is 106 Å². The van der Waals surface area contributed by atoms with E-state index in [1.807, 2.05) is 0 Å². The van der Waals surface area contributed by atoms with E-state index in [1.54, 1.807) is 0 Å². The molecule has 17 nitrogen and oxygen atoms in total. The summed E-state index contributed by atoms with van der Waals surface area (Å²) in [4.78, 5) is 2.49. The van der Waals surface area contributed by atoms with Gasteiger partial charge in [-0.15, -0.1) is 0 Å². The Bertz CT molecular complexity index is 729. The van der Waals surface area contributed by atoms with Gasteiger partial charge in [-0.2, -0.15) is 0 Å². The Kier molecular flexibility index (Phi) is 9.98. The zero-order valence-electron chi connectivity index (χ0n) is 18.3. The molecule has 0 saturated carbocycles. The molecule has 3 saturated heterocycles. The Morgan fingerprint density at radius 3 is 1.94 bits per heavy atom. The van der Waals surface area contributed by atoms with Crippen LogP contribution >= 0.6 is 0 Å². The van der Waals surface area contributed by atoms with Crippen LogP contribution in [0.3, 0.4) is 0 Å². The number of hydrogen-bond acceptors (Lipinski definition) is 15. The summed E-state index contributed by atoms with van der Waals surface area (Å²) in [6.07, 6.45) is -21.5. The van der Waals surface area contributed by atoms with Crippen molar-refractivity contribution in [2.75, 3.05) is 19.8 Å². The van der Waals surface area contributed by atoms with Gasteiger partial charge in [0, 0.05) is 11.3 Å². The topological polar surface area (TPSA) is 277 Å². The highest BCUT2D eigenvalue weighted by molar-refractivity contribution is 4.96. The Balaban J connectivity index is 1.76. The van der Waals surface area contributed by atoms with Crippen LogP contribution in [-0.2, 0) is 23.7 Å². The van der Waals surface area contributed by atoms with Crippen molar-refractivity contribution in [3.8, 4) is 0 Å². The van der Waals surface area contributed by atoms with E-state index in [0.29, 0.717) is 0 Å². The Morgan fingerprint density at radius 2 is 1.34 bits per heavy atom. The highest BCUT2D eigenvalue weighted by Gasteiger charge is 2.52. The molecule has 3 heterocycles. The summed E-state index contributed by atoms with van der Waals surface area (Å²) in [5.41, 5.74) is 8.58. The van der Waals surface area contributed by atoms with E-state index in [2.05, 4.69) is 10.0 Å². The fourth-order valence-corrected chi connectivity index (χ4v) is 4.19. The van der Waals surface area contributed by atoms with Crippen LogP contribution in [0, 0.1) is 0 Å². The quantitative estimate of drug-likeness (QED) is 0.0833. The van der Waals surface area contributed by atoms with Crippen LogP contribution in [0.25, 0.3) is 10.4 Å². The number of azide groups is 1. The van der Waals surface area contributed by atoms with Gasteiger partial charge in [0.1, 0.15) is 61.0 Å². The normalized spacial score (nSPS) is 48.8. The van der Waals surface area contributed by atoms with Crippen molar-refractivity contribution in [3.05, 3.63) is 10.4 Å². The minimum atomic E-state index is -1.80. The Morgan fingerprint density at radius 1 is 0.714 bits per heavy atom. The van der Waals surface area contributed by atoms with E-state index in [-0.39, 0.29) is 6.42 Å². The van der Waals surface area contributed by atoms with Gasteiger partial charge in [-0.05, 0) is 5.53 Å². The summed E-state index contributed by atoms with van der Waals surface area (Å²) in [5.74, 6) is 0. The van der Waals surface area contributed by atoms with Crippen molar-refractivity contribution < 1.29 is 69.6 Å². The largest absolute Gasteiger partial charge is 0.394 e. The zero-order valence-corrected chi connectivity index (χ0v) is 18.3. The molecule has 0 spiro atoms. The molecule has 3 rings (SSSR count). The molecule has 0 aromatic heterocycles. The average molecular weight is 513 g/mol. The summed E-state index contributed by atoms with van der Waals surface area (Å²) in [5, 5.41) is 93.6. The fourth-order valence-electron chi connectivity index (χ4n) is 4.19. The van der Waals surface area contributed by atoms with E-state index in [1.165, 1.54) is 0 Å². The van der Waals surface area contributed by atoms with Crippen molar-refractivity contribution >= 4 is 0 Å². The van der Waals surface area contributed by atoms with Gasteiger partial charge in [-0.25, -0.2) is 0 Å².